The number of benzene rings is 1. The highest BCUT2D eigenvalue weighted by molar-refractivity contribution is 8.02. The van der Waals surface area contributed by atoms with Gasteiger partial charge in [-0.15, -0.1) is 15.3 Å². The number of aliphatic hydroxyl groups is 1. The fraction of sp³-hybridized carbons (Fsp3) is 0.267. The van der Waals surface area contributed by atoms with Crippen molar-refractivity contribution in [1.82, 2.24) is 44.9 Å². The van der Waals surface area contributed by atoms with E-state index in [0.29, 0.717) is 10.3 Å². The van der Waals surface area contributed by atoms with E-state index < -0.39 is 30.5 Å². The molecular formula is C15H15N9OS2. The lowest BCUT2D eigenvalue weighted by Crippen LogP contribution is -2.06. The highest BCUT2D eigenvalue weighted by atomic mass is 32.2. The van der Waals surface area contributed by atoms with Crippen LogP contribution in [0.5, 0.6) is 0 Å². The zero-order valence-corrected chi connectivity index (χ0v) is 15.4. The summed E-state index contributed by atoms with van der Waals surface area (Å²) in [6.07, 6.45) is 1.49. The van der Waals surface area contributed by atoms with Crippen molar-refractivity contribution < 1.29 is 13.3 Å². The van der Waals surface area contributed by atoms with E-state index >= 15 is 0 Å². The average molecular weight is 408 g/mol. The first-order valence-electron chi connectivity index (χ1n) is 10.5. The van der Waals surface area contributed by atoms with Gasteiger partial charge in [0.05, 0.1) is 28.3 Å². The van der Waals surface area contributed by atoms with Crippen molar-refractivity contribution in [3.63, 3.8) is 0 Å². The van der Waals surface area contributed by atoms with E-state index in [1.807, 2.05) is 0 Å². The van der Waals surface area contributed by atoms with Crippen LogP contribution in [0, 0.1) is 6.85 Å². The number of hydrogen-bond donors (Lipinski definition) is 1. The maximum absolute atomic E-state index is 9.23. The molecule has 138 valence electrons. The fourth-order valence-electron chi connectivity index (χ4n) is 2.03. The van der Waals surface area contributed by atoms with Gasteiger partial charge in [0, 0.05) is 11.2 Å². The molecule has 0 atom stereocenters. The Labute approximate surface area is 170 Å². The molecular weight excluding hydrogens is 386 g/mol. The Hall–Kier alpha value is -2.57. The largest absolute Gasteiger partial charge is 0.394 e. The number of tetrazole rings is 1. The minimum atomic E-state index is -2.77. The van der Waals surface area contributed by atoms with E-state index in [1.165, 1.54) is 11.0 Å². The van der Waals surface area contributed by atoms with Crippen LogP contribution in [0.25, 0.3) is 11.0 Å². The SMILES string of the molecule is [2H]c1c(C([2H])([2H])[2H])c([2H])c2nc(Sc3nncn3C)c(Sc3nnnn3CCO)nc2c1[2H]. The fourth-order valence-corrected chi connectivity index (χ4v) is 3.75. The standard InChI is InChI=1S/C15H15N9OS2/c1-9-3-4-10-11(7-9)18-13(26-14-19-16-8-23(14)2)12(17-10)27-15-20-21-22-24(15)5-6-25/h3-4,7-8,25H,5-6H2,1-2H3/i1D3,3D,4D,7D. The molecule has 0 spiro atoms. The van der Waals surface area contributed by atoms with Crippen molar-refractivity contribution >= 4 is 34.6 Å². The van der Waals surface area contributed by atoms with Crippen molar-refractivity contribution in [3.8, 4) is 0 Å². The second-order valence-corrected chi connectivity index (χ2v) is 7.03. The second-order valence-electron chi connectivity index (χ2n) is 5.12. The molecule has 0 saturated heterocycles. The summed E-state index contributed by atoms with van der Waals surface area (Å²) in [7, 11) is 1.72. The van der Waals surface area contributed by atoms with E-state index in [9.17, 15) is 5.11 Å². The molecule has 0 saturated carbocycles. The topological polar surface area (TPSA) is 120 Å². The van der Waals surface area contributed by atoms with Gasteiger partial charge in [0.25, 0.3) is 0 Å². The minimum Gasteiger partial charge on any atom is -0.394 e. The molecule has 10 nitrogen and oxygen atoms in total. The quantitative estimate of drug-likeness (QED) is 0.501. The predicted molar refractivity (Wildman–Crippen MR) is 98.4 cm³/mol. The van der Waals surface area contributed by atoms with Gasteiger partial charge in [-0.2, -0.15) is 0 Å². The third-order valence-corrected chi connectivity index (χ3v) is 5.35. The van der Waals surface area contributed by atoms with Crippen LogP contribution in [0.4, 0.5) is 0 Å². The molecule has 0 radical (unpaired) electrons. The lowest BCUT2D eigenvalue weighted by Gasteiger charge is -2.09. The van der Waals surface area contributed by atoms with Crippen LogP contribution in [-0.2, 0) is 13.6 Å². The summed E-state index contributed by atoms with van der Waals surface area (Å²) in [4.78, 5) is 8.90. The van der Waals surface area contributed by atoms with Gasteiger partial charge in [-0.05, 0) is 58.5 Å². The van der Waals surface area contributed by atoms with Crippen LogP contribution < -0.4 is 0 Å². The van der Waals surface area contributed by atoms with Crippen molar-refractivity contribution in [3.05, 3.63) is 30.0 Å². The molecule has 1 aromatic carbocycles. The van der Waals surface area contributed by atoms with Gasteiger partial charge in [-0.3, -0.25) is 0 Å². The number of aryl methyl sites for hydroxylation is 1. The minimum absolute atomic E-state index is 0.0935. The Morgan fingerprint density at radius 2 is 1.96 bits per heavy atom. The van der Waals surface area contributed by atoms with Gasteiger partial charge < -0.3 is 9.67 Å². The van der Waals surface area contributed by atoms with E-state index in [2.05, 4.69) is 35.7 Å². The predicted octanol–water partition coefficient (Wildman–Crippen LogP) is 1.35. The van der Waals surface area contributed by atoms with E-state index in [1.54, 1.807) is 11.6 Å². The summed E-state index contributed by atoms with van der Waals surface area (Å²) in [5.41, 5.74) is -0.772. The van der Waals surface area contributed by atoms with Crippen molar-refractivity contribution in [1.29, 1.82) is 0 Å². The Morgan fingerprint density at radius 1 is 1.15 bits per heavy atom. The summed E-state index contributed by atoms with van der Waals surface area (Å²) >= 11 is 2.08. The molecule has 0 aliphatic carbocycles. The lowest BCUT2D eigenvalue weighted by molar-refractivity contribution is 0.262. The Bertz CT molecular complexity index is 1340. The van der Waals surface area contributed by atoms with Crippen LogP contribution in [-0.4, -0.2) is 56.7 Å². The zero-order chi connectivity index (χ0) is 23.9. The van der Waals surface area contributed by atoms with Crippen LogP contribution in [0.2, 0.25) is 0 Å². The number of fused-ring (bicyclic) bond motifs is 1. The van der Waals surface area contributed by atoms with Crippen LogP contribution >= 0.6 is 23.5 Å². The molecule has 0 unspecified atom stereocenters. The second kappa shape index (κ2) is 7.58. The molecule has 0 fully saturated rings. The highest BCUT2D eigenvalue weighted by Gasteiger charge is 2.18. The molecule has 27 heavy (non-hydrogen) atoms. The Morgan fingerprint density at radius 3 is 2.70 bits per heavy atom. The van der Waals surface area contributed by atoms with Crippen LogP contribution in [0.3, 0.4) is 0 Å². The van der Waals surface area contributed by atoms with Gasteiger partial charge in [0.15, 0.2) is 5.16 Å². The number of nitrogens with zero attached hydrogens (tertiary/aromatic N) is 9. The first-order valence-corrected chi connectivity index (χ1v) is 9.13. The van der Waals surface area contributed by atoms with Crippen molar-refractivity contribution in [2.45, 2.75) is 33.8 Å². The number of aromatic nitrogens is 9. The molecule has 0 bridgehead atoms. The van der Waals surface area contributed by atoms with Gasteiger partial charge in [-0.1, -0.05) is 6.04 Å². The van der Waals surface area contributed by atoms with Crippen molar-refractivity contribution in [2.75, 3.05) is 6.61 Å². The van der Waals surface area contributed by atoms with E-state index in [4.69, 9.17) is 8.22 Å². The summed E-state index contributed by atoms with van der Waals surface area (Å²) in [5.74, 6) is 0. The number of rotatable bonds is 6. The van der Waals surface area contributed by atoms with Crippen LogP contribution in [0.15, 0.2) is 44.8 Å². The highest BCUT2D eigenvalue weighted by Crippen LogP contribution is 2.36. The first kappa shape index (κ1) is 12.0. The maximum atomic E-state index is 9.23. The number of aliphatic hydroxyl groups excluding tert-OH is 1. The zero-order valence-electron chi connectivity index (χ0n) is 19.8. The molecule has 0 aliphatic rings. The van der Waals surface area contributed by atoms with E-state index in [0.717, 1.165) is 23.5 Å². The maximum Gasteiger partial charge on any atom is 0.215 e. The normalized spacial score (nSPS) is 15.0. The number of hydrogen-bond acceptors (Lipinski definition) is 10. The molecule has 4 aromatic rings. The molecule has 0 amide bonds. The van der Waals surface area contributed by atoms with Gasteiger partial charge >= 0.3 is 0 Å². The Balaban J connectivity index is 1.94. The molecule has 3 heterocycles. The van der Waals surface area contributed by atoms with Gasteiger partial charge in [0.2, 0.25) is 5.16 Å². The van der Waals surface area contributed by atoms with Gasteiger partial charge in [0.1, 0.15) is 16.4 Å². The molecule has 1 N–H and O–H groups in total. The first-order chi connectivity index (χ1) is 15.6. The summed E-state index contributed by atoms with van der Waals surface area (Å²) in [6.45, 7) is -2.82. The molecule has 12 heteroatoms. The third-order valence-electron chi connectivity index (χ3n) is 3.24. The summed E-state index contributed by atoms with van der Waals surface area (Å²) < 4.78 is 50.9. The third kappa shape index (κ3) is 3.77. The lowest BCUT2D eigenvalue weighted by atomic mass is 10.2. The molecule has 3 aromatic heterocycles. The van der Waals surface area contributed by atoms with Crippen molar-refractivity contribution in [2.24, 2.45) is 7.05 Å². The molecule has 0 aliphatic heterocycles. The summed E-state index contributed by atoms with van der Waals surface area (Å²) in [5, 5.41) is 29.6. The average Bonchev–Trinajstić information content (AvgIpc) is 3.35. The monoisotopic (exact) mass is 407 g/mol. The van der Waals surface area contributed by atoms with Crippen LogP contribution in [0.1, 0.15) is 13.8 Å². The smallest absolute Gasteiger partial charge is 0.215 e. The molecule has 4 rings (SSSR count). The summed E-state index contributed by atoms with van der Waals surface area (Å²) in [6, 6.07) is -1.54. The van der Waals surface area contributed by atoms with E-state index in [-0.39, 0.29) is 34.2 Å². The Kier molecular flexibility index (Phi) is 3.37. The van der Waals surface area contributed by atoms with Gasteiger partial charge in [-0.25, -0.2) is 14.6 Å².